The van der Waals surface area contributed by atoms with E-state index in [1.54, 1.807) is 10.9 Å². The van der Waals surface area contributed by atoms with Gasteiger partial charge in [0.2, 0.25) is 0 Å². The van der Waals surface area contributed by atoms with Gasteiger partial charge in [0.1, 0.15) is 5.71 Å². The van der Waals surface area contributed by atoms with Crippen molar-refractivity contribution in [2.45, 2.75) is 13.0 Å². The van der Waals surface area contributed by atoms with Gasteiger partial charge in [-0.25, -0.2) is 0 Å². The van der Waals surface area contributed by atoms with Crippen molar-refractivity contribution >= 4 is 28.2 Å². The van der Waals surface area contributed by atoms with Crippen LogP contribution in [-0.4, -0.2) is 26.6 Å². The first-order valence-electron chi connectivity index (χ1n) is 7.26. The highest BCUT2D eigenvalue weighted by atomic mass is 16.5. The highest BCUT2D eigenvalue weighted by Crippen LogP contribution is 2.24. The molecule has 2 heterocycles. The third-order valence-corrected chi connectivity index (χ3v) is 3.99. The zero-order chi connectivity index (χ0) is 16.0. The molecule has 0 unspecified atom stereocenters. The molecule has 6 nitrogen and oxygen atoms in total. The maximum absolute atomic E-state index is 11.6. The van der Waals surface area contributed by atoms with Gasteiger partial charge in [0.05, 0.1) is 6.54 Å². The molecule has 3 aromatic rings. The zero-order valence-electron chi connectivity index (χ0n) is 12.2. The summed E-state index contributed by atoms with van der Waals surface area (Å²) >= 11 is 0. The number of benzene rings is 2. The molecular weight excluding hydrogens is 292 g/mol. The average molecular weight is 306 g/mol. The van der Waals surface area contributed by atoms with Crippen LogP contribution in [0.4, 0.5) is 5.82 Å². The van der Waals surface area contributed by atoms with E-state index >= 15 is 0 Å². The quantitative estimate of drug-likeness (QED) is 0.713. The average Bonchev–Trinajstić information content (AvgIpc) is 2.95. The molecule has 2 N–H and O–H groups in total. The number of fused-ring (bicyclic) bond motifs is 2. The lowest BCUT2D eigenvalue weighted by atomic mass is 10.1. The molecule has 0 aliphatic carbocycles. The lowest BCUT2D eigenvalue weighted by molar-refractivity contribution is -0.117. The number of nitrogens with one attached hydrogen (secondary N) is 1. The number of nitrogens with zero attached hydrogens (tertiary/aromatic N) is 3. The third kappa shape index (κ3) is 2.29. The lowest BCUT2D eigenvalue weighted by Gasteiger charge is -2.18. The number of hydrogen-bond donors (Lipinski definition) is 2. The van der Waals surface area contributed by atoms with Crippen molar-refractivity contribution in [2.75, 3.05) is 5.06 Å². The second kappa shape index (κ2) is 5.03. The van der Waals surface area contributed by atoms with Crippen molar-refractivity contribution in [1.82, 2.24) is 9.78 Å². The summed E-state index contributed by atoms with van der Waals surface area (Å²) in [6.45, 7) is 0.535. The number of anilines is 1. The summed E-state index contributed by atoms with van der Waals surface area (Å²) in [5, 5.41) is 24.4. The van der Waals surface area contributed by atoms with Gasteiger partial charge in [-0.3, -0.25) is 20.1 Å². The molecule has 2 aromatic carbocycles. The van der Waals surface area contributed by atoms with Crippen LogP contribution in [0, 0.1) is 5.41 Å². The Morgan fingerprint density at radius 2 is 1.96 bits per heavy atom. The van der Waals surface area contributed by atoms with Crippen LogP contribution in [0.3, 0.4) is 0 Å². The summed E-state index contributed by atoms with van der Waals surface area (Å²) in [4.78, 5) is 11.6. The zero-order valence-corrected chi connectivity index (χ0v) is 12.2. The Balaban J connectivity index is 1.66. The van der Waals surface area contributed by atoms with E-state index in [1.807, 2.05) is 18.2 Å². The molecule has 6 heteroatoms. The Morgan fingerprint density at radius 3 is 2.78 bits per heavy atom. The fraction of sp³-hybridized carbons (Fsp3) is 0.118. The van der Waals surface area contributed by atoms with Crippen molar-refractivity contribution in [1.29, 1.82) is 5.41 Å². The summed E-state index contributed by atoms with van der Waals surface area (Å²) in [5.41, 5.74) is 1.62. The normalized spacial score (nSPS) is 14.4. The Kier molecular flexibility index (Phi) is 2.99. The lowest BCUT2D eigenvalue weighted by Crippen LogP contribution is -2.38. The maximum Gasteiger partial charge on any atom is 0.297 e. The summed E-state index contributed by atoms with van der Waals surface area (Å²) < 4.78 is 1.68. The number of carbonyl (C=O) groups excluding carboxylic acids is 1. The van der Waals surface area contributed by atoms with Gasteiger partial charge in [0.15, 0.2) is 5.82 Å². The Morgan fingerprint density at radius 1 is 1.17 bits per heavy atom. The van der Waals surface area contributed by atoms with Crippen molar-refractivity contribution in [3.63, 3.8) is 0 Å². The molecule has 0 saturated heterocycles. The van der Waals surface area contributed by atoms with Gasteiger partial charge < -0.3 is 0 Å². The number of amides is 1. The van der Waals surface area contributed by atoms with E-state index in [1.165, 1.54) is 5.39 Å². The summed E-state index contributed by atoms with van der Waals surface area (Å²) in [5.74, 6) is -0.500. The maximum atomic E-state index is 11.6. The van der Waals surface area contributed by atoms with Crippen LogP contribution in [0.2, 0.25) is 0 Å². The minimum absolute atomic E-state index is 0.134. The van der Waals surface area contributed by atoms with Crippen LogP contribution in [-0.2, 0) is 17.8 Å². The number of hydroxylamine groups is 1. The summed E-state index contributed by atoms with van der Waals surface area (Å²) in [6.07, 6.45) is 1.97. The number of carbonyl (C=O) groups is 1. The standard InChI is InChI=1S/C17H14N4O2/c18-15-8-14-10-20(19-16(14)21(23)17(15)22)9-11-5-6-12-3-1-2-4-13(12)7-11/h1-7,10,18,23H,8-9H2. The van der Waals surface area contributed by atoms with Crippen LogP contribution in [0.25, 0.3) is 10.8 Å². The topological polar surface area (TPSA) is 82.2 Å². The predicted octanol–water partition coefficient (Wildman–Crippen LogP) is 2.38. The molecule has 0 saturated carbocycles. The second-order valence-corrected chi connectivity index (χ2v) is 5.63. The Labute approximate surface area is 132 Å². The molecule has 1 aromatic heterocycles. The fourth-order valence-electron chi connectivity index (χ4n) is 2.85. The number of hydrogen-bond acceptors (Lipinski definition) is 4. The van der Waals surface area contributed by atoms with E-state index in [4.69, 9.17) is 5.41 Å². The van der Waals surface area contributed by atoms with Gasteiger partial charge in [-0.05, 0) is 22.4 Å². The van der Waals surface area contributed by atoms with Crippen molar-refractivity contribution in [3.8, 4) is 0 Å². The van der Waals surface area contributed by atoms with Crippen molar-refractivity contribution in [2.24, 2.45) is 0 Å². The molecule has 1 amide bonds. The highest BCUT2D eigenvalue weighted by Gasteiger charge is 2.30. The number of aromatic nitrogens is 2. The first kappa shape index (κ1) is 13.7. The highest BCUT2D eigenvalue weighted by molar-refractivity contribution is 6.43. The Hall–Kier alpha value is -2.99. The fourth-order valence-corrected chi connectivity index (χ4v) is 2.85. The molecule has 1 aliphatic rings. The van der Waals surface area contributed by atoms with Gasteiger partial charge in [-0.15, -0.1) is 0 Å². The number of rotatable bonds is 2. The van der Waals surface area contributed by atoms with Gasteiger partial charge in [0.25, 0.3) is 5.91 Å². The second-order valence-electron chi connectivity index (χ2n) is 5.63. The minimum Gasteiger partial charge on any atom is -0.299 e. The molecular formula is C17H14N4O2. The summed E-state index contributed by atoms with van der Waals surface area (Å²) in [7, 11) is 0. The largest absolute Gasteiger partial charge is 0.299 e. The molecule has 0 atom stereocenters. The van der Waals surface area contributed by atoms with Gasteiger partial charge in [0, 0.05) is 18.2 Å². The monoisotopic (exact) mass is 306 g/mol. The van der Waals surface area contributed by atoms with E-state index in [-0.39, 0.29) is 18.0 Å². The van der Waals surface area contributed by atoms with E-state index in [0.717, 1.165) is 10.9 Å². The molecule has 0 spiro atoms. The molecule has 0 radical (unpaired) electrons. The van der Waals surface area contributed by atoms with Crippen molar-refractivity contribution < 1.29 is 10.0 Å². The van der Waals surface area contributed by atoms with Crippen molar-refractivity contribution in [3.05, 3.63) is 59.8 Å². The van der Waals surface area contributed by atoms with E-state index < -0.39 is 5.91 Å². The Bertz CT molecular complexity index is 945. The van der Waals surface area contributed by atoms with Crippen LogP contribution in [0.1, 0.15) is 11.1 Å². The van der Waals surface area contributed by atoms with Gasteiger partial charge in [-0.1, -0.05) is 36.4 Å². The third-order valence-electron chi connectivity index (χ3n) is 3.99. The van der Waals surface area contributed by atoms with Gasteiger partial charge in [-0.2, -0.15) is 10.2 Å². The molecule has 0 bridgehead atoms. The molecule has 114 valence electrons. The molecule has 1 aliphatic heterocycles. The molecule has 0 fully saturated rings. The first-order valence-corrected chi connectivity index (χ1v) is 7.26. The predicted molar refractivity (Wildman–Crippen MR) is 86.0 cm³/mol. The van der Waals surface area contributed by atoms with Gasteiger partial charge >= 0.3 is 0 Å². The van der Waals surface area contributed by atoms with Crippen LogP contribution < -0.4 is 5.06 Å². The van der Waals surface area contributed by atoms with E-state index in [9.17, 15) is 10.0 Å². The SMILES string of the molecule is N=C1Cc2cn(Cc3ccc4ccccc4c3)nc2N(O)C1=O. The molecule has 4 rings (SSSR count). The van der Waals surface area contributed by atoms with Crippen LogP contribution in [0.15, 0.2) is 48.7 Å². The van der Waals surface area contributed by atoms with E-state index in [0.29, 0.717) is 17.2 Å². The van der Waals surface area contributed by atoms with E-state index in [2.05, 4.69) is 29.4 Å². The minimum atomic E-state index is -0.714. The van der Waals surface area contributed by atoms with Crippen LogP contribution in [0.5, 0.6) is 0 Å². The first-order chi connectivity index (χ1) is 11.1. The molecule has 23 heavy (non-hydrogen) atoms. The smallest absolute Gasteiger partial charge is 0.297 e. The summed E-state index contributed by atoms with van der Waals surface area (Å²) in [6, 6.07) is 14.3. The van der Waals surface area contributed by atoms with Crippen LogP contribution >= 0.6 is 0 Å².